The Morgan fingerprint density at radius 1 is 1.50 bits per heavy atom. The van der Waals surface area contributed by atoms with E-state index in [9.17, 15) is 0 Å². The third kappa shape index (κ3) is 0.236. The molecule has 0 aromatic heterocycles. The fourth-order valence-corrected chi connectivity index (χ4v) is 0.636. The van der Waals surface area contributed by atoms with E-state index in [0.717, 1.165) is 0 Å². The van der Waals surface area contributed by atoms with E-state index >= 15 is 0 Å². The summed E-state index contributed by atoms with van der Waals surface area (Å²) in [4.78, 5) is 0. The van der Waals surface area contributed by atoms with Gasteiger partial charge in [-0.3, -0.25) is 0 Å². The van der Waals surface area contributed by atoms with Gasteiger partial charge in [0.15, 0.2) is 0 Å². The largest absolute Gasteiger partial charge is 0.0658 e. The highest BCUT2D eigenvalue weighted by molar-refractivity contribution is 7.70. The fraction of sp³-hybridized carbons (Fsp3) is 0.500. The van der Waals surface area contributed by atoms with E-state index < -0.39 is 0 Å². The summed E-state index contributed by atoms with van der Waals surface area (Å²) in [5, 5.41) is 3.06. The molecule has 4 heavy (non-hydrogen) atoms. The Balaban J connectivity index is 2.95. The number of hydrogen-bond donors (Lipinski definition) is 0. The molecule has 1 aliphatic heterocycles. The molecule has 0 bridgehead atoms. The maximum absolute atomic E-state index is 3.06. The molecule has 0 nitrogen and oxygen atoms in total. The van der Waals surface area contributed by atoms with Crippen LogP contribution in [0.5, 0.6) is 0 Å². The summed E-state index contributed by atoms with van der Waals surface area (Å²) in [7, 11) is 2.83. The van der Waals surface area contributed by atoms with Crippen molar-refractivity contribution < 1.29 is 0 Å². The van der Waals surface area contributed by atoms with Crippen molar-refractivity contribution in [3.8, 4) is 0 Å². The maximum atomic E-state index is 3.06. The zero-order valence-electron chi connectivity index (χ0n) is 2.10. The lowest BCUT2D eigenvalue weighted by Crippen LogP contribution is -1.50. The van der Waals surface area contributed by atoms with Crippen molar-refractivity contribution in [2.45, 2.75) is 0 Å². The van der Waals surface area contributed by atoms with Gasteiger partial charge < -0.3 is 0 Å². The SMILES string of the molecule is C1=PCP=1. The molecule has 0 spiro atoms. The third-order valence-electron chi connectivity index (χ3n) is 0.283. The van der Waals surface area contributed by atoms with Crippen LogP contribution in [0.3, 0.4) is 0 Å². The first-order valence-electron chi connectivity index (χ1n) is 1.08. The van der Waals surface area contributed by atoms with Gasteiger partial charge >= 0.3 is 0 Å². The Bertz CT molecular complexity index is 62.1. The quantitative estimate of drug-likeness (QED) is 0.393. The van der Waals surface area contributed by atoms with Crippen molar-refractivity contribution in [3.63, 3.8) is 0 Å². The molecule has 0 aromatic rings. The Labute approximate surface area is 28.4 Å². The summed E-state index contributed by atoms with van der Waals surface area (Å²) in [5.74, 6) is 1.33. The van der Waals surface area contributed by atoms with Crippen LogP contribution in [0.4, 0.5) is 0 Å². The highest BCUT2D eigenvalue weighted by atomic mass is 31.1. The van der Waals surface area contributed by atoms with Crippen LogP contribution in [-0.2, 0) is 0 Å². The van der Waals surface area contributed by atoms with Gasteiger partial charge in [0.25, 0.3) is 0 Å². The Morgan fingerprint density at radius 3 is 1.75 bits per heavy atom. The number of hydrogen-bond acceptors (Lipinski definition) is 0. The average Bonchev–Trinajstić information content (AvgIpc) is 0.722. The second-order valence-electron chi connectivity index (χ2n) is 0.558. The van der Waals surface area contributed by atoms with E-state index in [4.69, 9.17) is 0 Å². The lowest BCUT2D eigenvalue weighted by atomic mass is 11.9. The van der Waals surface area contributed by atoms with Crippen molar-refractivity contribution >= 4 is 21.6 Å². The highest BCUT2D eigenvalue weighted by Gasteiger charge is 1.72. The van der Waals surface area contributed by atoms with Gasteiger partial charge in [0, 0.05) is 5.90 Å². The Hall–Kier alpha value is 0.380. The van der Waals surface area contributed by atoms with Gasteiger partial charge in [-0.05, 0) is 16.4 Å². The predicted molar refractivity (Wildman–Crippen MR) is 23.7 cm³/mol. The maximum Gasteiger partial charge on any atom is 0.0471 e. The molecule has 1 rings (SSSR count). The second kappa shape index (κ2) is 0.998. The lowest BCUT2D eigenvalue weighted by molar-refractivity contribution is 2.28. The van der Waals surface area contributed by atoms with Crippen molar-refractivity contribution in [2.75, 3.05) is 5.90 Å². The fourth-order valence-electron chi connectivity index (χ4n) is 0.0707. The molecule has 1 aliphatic rings. The minimum Gasteiger partial charge on any atom is -0.0658 e. The lowest BCUT2D eigenvalue weighted by Gasteiger charge is -1.75. The van der Waals surface area contributed by atoms with E-state index in [2.05, 4.69) is 5.17 Å². The molecule has 1 heterocycles. The van der Waals surface area contributed by atoms with Gasteiger partial charge in [-0.25, -0.2) is 0 Å². The molecule has 0 radical (unpaired) electrons. The topological polar surface area (TPSA) is 0 Å². The molecule has 20 valence electrons. The van der Waals surface area contributed by atoms with E-state index in [1.165, 1.54) is 22.3 Å². The first-order valence-corrected chi connectivity index (χ1v) is 3.24. The standard InChI is InChI=1S/C2H2P2/c1-3-2-4-1/h1H2. The van der Waals surface area contributed by atoms with Crippen molar-refractivity contribution in [3.05, 3.63) is 0 Å². The molecule has 0 saturated heterocycles. The molecule has 0 saturated carbocycles. The Kier molecular flexibility index (Phi) is 0.651. The van der Waals surface area contributed by atoms with Gasteiger partial charge in [-0.15, -0.1) is 0 Å². The van der Waals surface area contributed by atoms with Crippen molar-refractivity contribution in [1.29, 1.82) is 0 Å². The third-order valence-corrected chi connectivity index (χ3v) is 2.55. The minimum atomic E-state index is 1.33. The first-order chi connectivity index (χ1) is 2.00. The second-order valence-corrected chi connectivity index (χ2v) is 3.12. The molecule has 0 amide bonds. The van der Waals surface area contributed by atoms with Crippen LogP contribution in [0.1, 0.15) is 0 Å². The van der Waals surface area contributed by atoms with Crippen molar-refractivity contribution in [2.24, 2.45) is 0 Å². The summed E-state index contributed by atoms with van der Waals surface area (Å²) >= 11 is 0. The highest BCUT2D eigenvalue weighted by Crippen LogP contribution is 2.13. The zero-order chi connectivity index (χ0) is 2.83. The molecule has 2 heteroatoms. The smallest absolute Gasteiger partial charge is 0.0471 e. The molecule has 0 atom stereocenters. The van der Waals surface area contributed by atoms with E-state index in [1.807, 2.05) is 0 Å². The zero-order valence-corrected chi connectivity index (χ0v) is 3.89. The van der Waals surface area contributed by atoms with Crippen LogP contribution in [0.2, 0.25) is 0 Å². The van der Waals surface area contributed by atoms with Crippen LogP contribution in [0.15, 0.2) is 0 Å². The summed E-state index contributed by atoms with van der Waals surface area (Å²) in [6, 6.07) is 0. The minimum absolute atomic E-state index is 1.33. The van der Waals surface area contributed by atoms with Crippen LogP contribution >= 0.6 is 16.4 Å². The van der Waals surface area contributed by atoms with Gasteiger partial charge in [-0.2, -0.15) is 0 Å². The van der Waals surface area contributed by atoms with E-state index in [-0.39, 0.29) is 0 Å². The summed E-state index contributed by atoms with van der Waals surface area (Å²) in [6.07, 6.45) is 0. The normalized spacial score (nSPS) is 24.0. The van der Waals surface area contributed by atoms with E-state index in [0.29, 0.717) is 0 Å². The summed E-state index contributed by atoms with van der Waals surface area (Å²) in [6.45, 7) is 0. The van der Waals surface area contributed by atoms with Gasteiger partial charge in [-0.1, -0.05) is 5.17 Å². The summed E-state index contributed by atoms with van der Waals surface area (Å²) in [5.41, 5.74) is 0. The van der Waals surface area contributed by atoms with Crippen LogP contribution in [-0.4, -0.2) is 11.1 Å². The first kappa shape index (κ1) is 2.61. The van der Waals surface area contributed by atoms with E-state index in [1.54, 1.807) is 0 Å². The predicted octanol–water partition coefficient (Wildman–Crippen LogP) is 1.49. The molecule has 0 N–H and O–H groups in total. The number of rotatable bonds is 0. The van der Waals surface area contributed by atoms with Crippen LogP contribution in [0.25, 0.3) is 0 Å². The monoisotopic (exact) mass is 88.0 g/mol. The van der Waals surface area contributed by atoms with Crippen LogP contribution < -0.4 is 0 Å². The van der Waals surface area contributed by atoms with Gasteiger partial charge in [0.05, 0.1) is 0 Å². The molecule has 0 fully saturated rings. The average molecular weight is 88.0 g/mol. The molecule has 0 unspecified atom stereocenters. The molecule has 0 aromatic carbocycles. The van der Waals surface area contributed by atoms with Crippen molar-refractivity contribution in [1.82, 2.24) is 0 Å². The van der Waals surface area contributed by atoms with Gasteiger partial charge in [0.2, 0.25) is 0 Å². The Morgan fingerprint density at radius 2 is 1.75 bits per heavy atom. The van der Waals surface area contributed by atoms with Gasteiger partial charge in [0.1, 0.15) is 0 Å². The molecular formula is C2H2P2. The molecular weight excluding hydrogens is 86.0 g/mol. The summed E-state index contributed by atoms with van der Waals surface area (Å²) < 4.78 is 0. The van der Waals surface area contributed by atoms with Crippen LogP contribution in [0, 0.1) is 0 Å². The molecule has 0 aliphatic carbocycles.